The number of nitrogens with one attached hydrogen (secondary N) is 1. The Kier molecular flexibility index (Phi) is 9.66. The highest BCUT2D eigenvalue weighted by Crippen LogP contribution is 2.29. The van der Waals surface area contributed by atoms with Gasteiger partial charge in [0, 0.05) is 19.6 Å². The van der Waals surface area contributed by atoms with Crippen LogP contribution >= 0.6 is 11.6 Å². The third kappa shape index (κ3) is 7.05. The maximum absolute atomic E-state index is 13.3. The van der Waals surface area contributed by atoms with E-state index >= 15 is 0 Å². The molecule has 1 aliphatic rings. The molecule has 1 aliphatic heterocycles. The summed E-state index contributed by atoms with van der Waals surface area (Å²) in [5, 5.41) is 2.55. The number of halogens is 1. The Bertz CT molecular complexity index is 1610. The normalized spacial score (nSPS) is 14.3. The van der Waals surface area contributed by atoms with Gasteiger partial charge in [0.05, 0.1) is 45.0 Å². The van der Waals surface area contributed by atoms with Crippen LogP contribution < -0.4 is 9.62 Å². The number of ether oxygens (including phenoxy) is 2. The van der Waals surface area contributed by atoms with Gasteiger partial charge in [-0.15, -0.1) is 0 Å². The van der Waals surface area contributed by atoms with Crippen LogP contribution in [0.4, 0.5) is 11.4 Å². The van der Waals surface area contributed by atoms with E-state index in [0.29, 0.717) is 18.9 Å². The first kappa shape index (κ1) is 30.5. The van der Waals surface area contributed by atoms with Crippen LogP contribution in [0, 0.1) is 0 Å². The Morgan fingerprint density at radius 1 is 0.951 bits per heavy atom. The molecule has 0 aromatic heterocycles. The number of hydrogen-bond donors (Lipinski definition) is 1. The number of esters is 1. The van der Waals surface area contributed by atoms with Gasteiger partial charge in [-0.3, -0.25) is 9.10 Å². The third-order valence-corrected chi connectivity index (χ3v) is 10.3. The number of para-hydroxylation sites is 1. The summed E-state index contributed by atoms with van der Waals surface area (Å²) in [6.07, 6.45) is 0. The van der Waals surface area contributed by atoms with E-state index in [4.69, 9.17) is 21.1 Å². The molecule has 1 fully saturated rings. The van der Waals surface area contributed by atoms with Crippen molar-refractivity contribution in [3.8, 4) is 0 Å². The van der Waals surface area contributed by atoms with Crippen molar-refractivity contribution in [1.29, 1.82) is 0 Å². The lowest BCUT2D eigenvalue weighted by molar-refractivity contribution is -0.119. The van der Waals surface area contributed by atoms with E-state index < -0.39 is 38.5 Å². The van der Waals surface area contributed by atoms with E-state index in [9.17, 15) is 26.4 Å². The van der Waals surface area contributed by atoms with Crippen molar-refractivity contribution in [1.82, 2.24) is 4.31 Å². The second-order valence-corrected chi connectivity index (χ2v) is 13.0. The van der Waals surface area contributed by atoms with Crippen LogP contribution in [0.1, 0.15) is 17.3 Å². The van der Waals surface area contributed by atoms with Gasteiger partial charge in [-0.05, 0) is 61.5 Å². The summed E-state index contributed by atoms with van der Waals surface area (Å²) in [5.41, 5.74) is 0.551. The predicted octanol–water partition coefficient (Wildman–Crippen LogP) is 3.37. The fourth-order valence-corrected chi connectivity index (χ4v) is 7.15. The smallest absolute Gasteiger partial charge is 0.338 e. The molecule has 0 saturated carbocycles. The molecule has 1 saturated heterocycles. The Morgan fingerprint density at radius 2 is 1.59 bits per heavy atom. The van der Waals surface area contributed by atoms with Crippen molar-refractivity contribution in [2.45, 2.75) is 16.7 Å². The summed E-state index contributed by atoms with van der Waals surface area (Å²) in [6, 6.07) is 17.7. The molecule has 11 nitrogen and oxygen atoms in total. The zero-order valence-electron chi connectivity index (χ0n) is 22.0. The lowest BCUT2D eigenvalue weighted by Gasteiger charge is -2.26. The second-order valence-electron chi connectivity index (χ2n) is 8.81. The van der Waals surface area contributed by atoms with E-state index in [1.807, 2.05) is 0 Å². The zero-order chi connectivity index (χ0) is 29.6. The average Bonchev–Trinajstić information content (AvgIpc) is 2.98. The van der Waals surface area contributed by atoms with Crippen LogP contribution in [0.2, 0.25) is 5.02 Å². The van der Waals surface area contributed by atoms with Gasteiger partial charge in [0.1, 0.15) is 0 Å². The first-order valence-corrected chi connectivity index (χ1v) is 15.8. The maximum atomic E-state index is 13.3. The van der Waals surface area contributed by atoms with Gasteiger partial charge in [0.2, 0.25) is 10.0 Å². The van der Waals surface area contributed by atoms with E-state index in [-0.39, 0.29) is 45.7 Å². The summed E-state index contributed by atoms with van der Waals surface area (Å²) in [6.45, 7) is 2.28. The minimum absolute atomic E-state index is 0.0204. The number of benzene rings is 3. The molecule has 0 spiro atoms. The fourth-order valence-electron chi connectivity index (χ4n) is 4.07. The minimum Gasteiger partial charge on any atom is -0.452 e. The van der Waals surface area contributed by atoms with E-state index in [2.05, 4.69) is 5.32 Å². The standard InChI is InChI=1S/C27H28ClN3O8S2/c1-2-31(21-6-4-3-5-7-21)41(36,37)23-12-13-24(28)25(18-23)29-26(32)19-39-27(33)20-8-10-22(11-9-20)40(34,35)30-14-16-38-17-15-30/h3-13,18H,2,14-17,19H2,1H3,(H,29,32). The molecular formula is C27H28ClN3O8S2. The molecule has 1 amide bonds. The van der Waals surface area contributed by atoms with Gasteiger partial charge in [-0.25, -0.2) is 21.6 Å². The predicted molar refractivity (Wildman–Crippen MR) is 153 cm³/mol. The number of rotatable bonds is 10. The molecule has 1 heterocycles. The van der Waals surface area contributed by atoms with Crippen molar-refractivity contribution in [3.63, 3.8) is 0 Å². The van der Waals surface area contributed by atoms with Crippen molar-refractivity contribution in [3.05, 3.63) is 83.4 Å². The number of amides is 1. The topological polar surface area (TPSA) is 139 Å². The molecule has 0 bridgehead atoms. The quantitative estimate of drug-likeness (QED) is 0.340. The average molecular weight is 622 g/mol. The lowest BCUT2D eigenvalue weighted by Crippen LogP contribution is -2.40. The molecule has 0 atom stereocenters. The zero-order valence-corrected chi connectivity index (χ0v) is 24.4. The molecule has 0 aliphatic carbocycles. The molecule has 3 aromatic rings. The van der Waals surface area contributed by atoms with Crippen LogP contribution in [0.3, 0.4) is 0 Å². The molecular weight excluding hydrogens is 594 g/mol. The number of morpholine rings is 1. The van der Waals surface area contributed by atoms with Crippen LogP contribution in [0.5, 0.6) is 0 Å². The maximum Gasteiger partial charge on any atom is 0.338 e. The number of sulfonamides is 2. The van der Waals surface area contributed by atoms with Crippen LogP contribution in [0.15, 0.2) is 82.6 Å². The highest BCUT2D eigenvalue weighted by Gasteiger charge is 2.27. The third-order valence-electron chi connectivity index (χ3n) is 6.16. The van der Waals surface area contributed by atoms with Crippen molar-refractivity contribution in [2.24, 2.45) is 0 Å². The summed E-state index contributed by atoms with van der Waals surface area (Å²) < 4.78 is 64.9. The molecule has 1 N–H and O–H groups in total. The molecule has 14 heteroatoms. The number of nitrogens with zero attached hydrogens (tertiary/aromatic N) is 2. The highest BCUT2D eigenvalue weighted by molar-refractivity contribution is 7.92. The van der Waals surface area contributed by atoms with Gasteiger partial charge in [-0.2, -0.15) is 4.31 Å². The summed E-state index contributed by atoms with van der Waals surface area (Å²) in [4.78, 5) is 24.9. The molecule has 218 valence electrons. The van der Waals surface area contributed by atoms with Crippen molar-refractivity contribution >= 4 is 54.9 Å². The van der Waals surface area contributed by atoms with E-state index in [0.717, 1.165) is 0 Å². The van der Waals surface area contributed by atoms with E-state index in [1.165, 1.54) is 51.1 Å². The Hall–Kier alpha value is -3.49. The summed E-state index contributed by atoms with van der Waals surface area (Å²) in [7, 11) is -7.70. The molecule has 3 aromatic carbocycles. The number of carbonyl (C=O) groups is 2. The fraction of sp³-hybridized carbons (Fsp3) is 0.259. The molecule has 4 rings (SSSR count). The minimum atomic E-state index is -3.98. The molecule has 0 unspecified atom stereocenters. The van der Waals surface area contributed by atoms with Gasteiger partial charge in [0.25, 0.3) is 15.9 Å². The molecule has 0 radical (unpaired) electrons. The van der Waals surface area contributed by atoms with Gasteiger partial charge >= 0.3 is 5.97 Å². The number of hydrogen-bond acceptors (Lipinski definition) is 8. The number of anilines is 2. The Balaban J connectivity index is 1.39. The second kappa shape index (κ2) is 13.0. The van der Waals surface area contributed by atoms with E-state index in [1.54, 1.807) is 37.3 Å². The van der Waals surface area contributed by atoms with Gasteiger partial charge in [-0.1, -0.05) is 29.8 Å². The monoisotopic (exact) mass is 621 g/mol. The first-order valence-electron chi connectivity index (χ1n) is 12.6. The summed E-state index contributed by atoms with van der Waals surface area (Å²) in [5.74, 6) is -1.60. The van der Waals surface area contributed by atoms with Crippen LogP contribution in [-0.2, 0) is 34.3 Å². The Labute approximate surface area is 243 Å². The molecule has 41 heavy (non-hydrogen) atoms. The SMILES string of the molecule is CCN(c1ccccc1)S(=O)(=O)c1ccc(Cl)c(NC(=O)COC(=O)c2ccc(S(=O)(=O)N3CCOCC3)cc2)c1. The number of carbonyl (C=O) groups excluding carboxylic acids is 2. The van der Waals surface area contributed by atoms with Crippen molar-refractivity contribution in [2.75, 3.05) is 49.1 Å². The Morgan fingerprint density at radius 3 is 2.22 bits per heavy atom. The largest absolute Gasteiger partial charge is 0.452 e. The summed E-state index contributed by atoms with van der Waals surface area (Å²) >= 11 is 6.20. The van der Waals surface area contributed by atoms with Crippen LogP contribution in [0.25, 0.3) is 0 Å². The highest BCUT2D eigenvalue weighted by atomic mass is 35.5. The lowest BCUT2D eigenvalue weighted by atomic mass is 10.2. The van der Waals surface area contributed by atoms with Gasteiger partial charge in [0.15, 0.2) is 6.61 Å². The first-order chi connectivity index (χ1) is 19.5. The van der Waals surface area contributed by atoms with Crippen LogP contribution in [-0.4, -0.2) is 72.5 Å². The van der Waals surface area contributed by atoms with Crippen molar-refractivity contribution < 1.29 is 35.9 Å². The van der Waals surface area contributed by atoms with Gasteiger partial charge < -0.3 is 14.8 Å².